The first-order valence-corrected chi connectivity index (χ1v) is 7.84. The zero-order valence-corrected chi connectivity index (χ0v) is 14.1. The van der Waals surface area contributed by atoms with Crippen LogP contribution in [0.3, 0.4) is 0 Å². The number of hydrogen-bond donors (Lipinski definition) is 0. The normalized spacial score (nSPS) is 11.4. The minimum atomic E-state index is -4.48. The fourth-order valence-corrected chi connectivity index (χ4v) is 2.18. The van der Waals surface area contributed by atoms with E-state index in [1.165, 1.54) is 41.2 Å². The summed E-state index contributed by atoms with van der Waals surface area (Å²) in [5.41, 5.74) is 0.658. The van der Waals surface area contributed by atoms with Gasteiger partial charge < -0.3 is 14.2 Å². The van der Waals surface area contributed by atoms with Crippen molar-refractivity contribution < 1.29 is 32.2 Å². The van der Waals surface area contributed by atoms with Crippen molar-refractivity contribution in [2.24, 2.45) is 0 Å². The molecule has 0 aromatic carbocycles. The van der Waals surface area contributed by atoms with Gasteiger partial charge in [-0.1, -0.05) is 0 Å². The highest BCUT2D eigenvalue weighted by atomic mass is 19.4. The average Bonchev–Trinajstić information content (AvgIpc) is 3.04. The Morgan fingerprint density at radius 3 is 2.81 bits per heavy atom. The summed E-state index contributed by atoms with van der Waals surface area (Å²) in [5, 5.41) is 4.07. The van der Waals surface area contributed by atoms with Gasteiger partial charge in [0.25, 0.3) is 5.88 Å². The largest absolute Gasteiger partial charge is 0.478 e. The monoisotopic (exact) mass is 381 g/mol. The number of rotatable bonds is 6. The Morgan fingerprint density at radius 1 is 1.26 bits per heavy atom. The quantitative estimate of drug-likeness (QED) is 0.607. The molecule has 0 unspecified atom stereocenters. The number of ether oxygens (including phenoxy) is 3. The lowest BCUT2D eigenvalue weighted by Gasteiger charge is -2.12. The van der Waals surface area contributed by atoms with E-state index in [0.717, 1.165) is 0 Å². The summed E-state index contributed by atoms with van der Waals surface area (Å²) in [4.78, 5) is 15.6. The average molecular weight is 381 g/mol. The maximum atomic E-state index is 12.4. The van der Waals surface area contributed by atoms with Crippen LogP contribution >= 0.6 is 0 Å². The van der Waals surface area contributed by atoms with Crippen LogP contribution in [0.1, 0.15) is 17.4 Å². The molecule has 3 heterocycles. The SMILES string of the molecule is CCOC(=O)c1cc2cc(Oc3ncccc3OCC(F)(F)F)ccn2n1. The lowest BCUT2D eigenvalue weighted by Crippen LogP contribution is -2.19. The number of esters is 1. The molecule has 0 fully saturated rings. The predicted octanol–water partition coefficient (Wildman–Crippen LogP) is 3.64. The third-order valence-corrected chi connectivity index (χ3v) is 3.26. The van der Waals surface area contributed by atoms with E-state index in [0.29, 0.717) is 5.52 Å². The zero-order chi connectivity index (χ0) is 19.4. The zero-order valence-electron chi connectivity index (χ0n) is 14.1. The van der Waals surface area contributed by atoms with Gasteiger partial charge in [-0.2, -0.15) is 18.3 Å². The molecule has 0 aliphatic carbocycles. The number of aromatic nitrogens is 3. The Kier molecular flexibility index (Phi) is 5.15. The molecule has 0 radical (unpaired) electrons. The standard InChI is InChI=1S/C17H14F3N3O4/c1-2-25-16(24)13-9-11-8-12(5-7-23(11)22-13)27-15-14(4-3-6-21-15)26-10-17(18,19)20/h3-9H,2,10H2,1H3. The molecule has 0 atom stereocenters. The molecular weight excluding hydrogens is 367 g/mol. The number of carbonyl (C=O) groups excluding carboxylic acids is 1. The molecule has 0 spiro atoms. The van der Waals surface area contributed by atoms with Gasteiger partial charge in [0.05, 0.1) is 12.1 Å². The summed E-state index contributed by atoms with van der Waals surface area (Å²) in [6.07, 6.45) is -1.58. The number of halogens is 3. The highest BCUT2D eigenvalue weighted by molar-refractivity contribution is 5.88. The van der Waals surface area contributed by atoms with Crippen molar-refractivity contribution in [2.45, 2.75) is 13.1 Å². The Morgan fingerprint density at radius 2 is 2.07 bits per heavy atom. The minimum absolute atomic E-state index is 0.115. The second-order valence-corrected chi connectivity index (χ2v) is 5.29. The van der Waals surface area contributed by atoms with Gasteiger partial charge in [0, 0.05) is 18.5 Å². The summed E-state index contributed by atoms with van der Waals surface area (Å²) in [5.74, 6) is -0.531. The van der Waals surface area contributed by atoms with Gasteiger partial charge in [-0.25, -0.2) is 14.3 Å². The van der Waals surface area contributed by atoms with E-state index < -0.39 is 18.8 Å². The van der Waals surface area contributed by atoms with Crippen molar-refractivity contribution in [2.75, 3.05) is 13.2 Å². The summed E-state index contributed by atoms with van der Waals surface area (Å²) in [6.45, 7) is 0.450. The van der Waals surface area contributed by atoms with E-state index in [4.69, 9.17) is 14.2 Å². The van der Waals surface area contributed by atoms with Crippen LogP contribution in [0.4, 0.5) is 13.2 Å². The van der Waals surface area contributed by atoms with Crippen LogP contribution < -0.4 is 9.47 Å². The molecule has 7 nitrogen and oxygen atoms in total. The van der Waals surface area contributed by atoms with Crippen LogP contribution in [0.15, 0.2) is 42.7 Å². The smallest absolute Gasteiger partial charge is 0.422 e. The van der Waals surface area contributed by atoms with Gasteiger partial charge in [-0.3, -0.25) is 0 Å². The Bertz CT molecular complexity index is 956. The van der Waals surface area contributed by atoms with E-state index in [9.17, 15) is 18.0 Å². The van der Waals surface area contributed by atoms with E-state index >= 15 is 0 Å². The Balaban J connectivity index is 1.81. The highest BCUT2D eigenvalue weighted by Crippen LogP contribution is 2.30. The number of hydrogen-bond acceptors (Lipinski definition) is 6. The van der Waals surface area contributed by atoms with Crippen LogP contribution in [0, 0.1) is 0 Å². The van der Waals surface area contributed by atoms with Crippen LogP contribution in [0.25, 0.3) is 5.52 Å². The van der Waals surface area contributed by atoms with Crippen LogP contribution in [0.5, 0.6) is 17.4 Å². The van der Waals surface area contributed by atoms with Crippen molar-refractivity contribution >= 4 is 11.5 Å². The Hall–Kier alpha value is -3.30. The molecule has 0 aliphatic heterocycles. The molecule has 0 N–H and O–H groups in total. The first-order chi connectivity index (χ1) is 12.9. The summed E-state index contributed by atoms with van der Waals surface area (Å²) >= 11 is 0. The molecule has 142 valence electrons. The van der Waals surface area contributed by atoms with Crippen LogP contribution in [-0.2, 0) is 4.74 Å². The summed E-state index contributed by atoms with van der Waals surface area (Å²) in [6, 6.07) is 7.34. The molecule has 3 aromatic rings. The second-order valence-electron chi connectivity index (χ2n) is 5.29. The highest BCUT2D eigenvalue weighted by Gasteiger charge is 2.29. The van der Waals surface area contributed by atoms with E-state index in [-0.39, 0.29) is 29.7 Å². The van der Waals surface area contributed by atoms with Gasteiger partial charge >= 0.3 is 12.1 Å². The van der Waals surface area contributed by atoms with E-state index in [1.807, 2.05) is 0 Å². The van der Waals surface area contributed by atoms with Crippen molar-refractivity contribution in [3.63, 3.8) is 0 Å². The first kappa shape index (κ1) is 18.5. The van der Waals surface area contributed by atoms with Crippen LogP contribution in [-0.4, -0.2) is 40.0 Å². The maximum absolute atomic E-state index is 12.4. The molecule has 0 saturated heterocycles. The van der Waals surface area contributed by atoms with E-state index in [1.54, 1.807) is 13.0 Å². The molecule has 10 heteroatoms. The molecule has 0 saturated carbocycles. The molecule has 27 heavy (non-hydrogen) atoms. The van der Waals surface area contributed by atoms with Gasteiger partial charge in [0.2, 0.25) is 0 Å². The molecule has 0 amide bonds. The number of pyridine rings is 2. The minimum Gasteiger partial charge on any atom is -0.478 e. The molecule has 3 aromatic heterocycles. The number of alkyl halides is 3. The fraction of sp³-hybridized carbons (Fsp3) is 0.235. The summed E-state index contributed by atoms with van der Waals surface area (Å²) < 4.78 is 53.7. The molecular formula is C17H14F3N3O4. The maximum Gasteiger partial charge on any atom is 0.422 e. The van der Waals surface area contributed by atoms with Gasteiger partial charge in [-0.05, 0) is 31.2 Å². The molecule has 0 aliphatic rings. The van der Waals surface area contributed by atoms with Gasteiger partial charge in [-0.15, -0.1) is 0 Å². The van der Waals surface area contributed by atoms with Gasteiger partial charge in [0.15, 0.2) is 18.1 Å². The van der Waals surface area contributed by atoms with Gasteiger partial charge in [0.1, 0.15) is 5.75 Å². The van der Waals surface area contributed by atoms with E-state index in [2.05, 4.69) is 10.1 Å². The number of nitrogens with zero attached hydrogens (tertiary/aromatic N) is 3. The van der Waals surface area contributed by atoms with Crippen molar-refractivity contribution in [3.05, 3.63) is 48.4 Å². The predicted molar refractivity (Wildman–Crippen MR) is 87.0 cm³/mol. The summed E-state index contributed by atoms with van der Waals surface area (Å²) in [7, 11) is 0. The van der Waals surface area contributed by atoms with Crippen molar-refractivity contribution in [1.29, 1.82) is 0 Å². The number of fused-ring (bicyclic) bond motifs is 1. The third kappa shape index (κ3) is 4.66. The fourth-order valence-electron chi connectivity index (χ4n) is 2.18. The van der Waals surface area contributed by atoms with Crippen LogP contribution in [0.2, 0.25) is 0 Å². The number of carbonyl (C=O) groups is 1. The third-order valence-electron chi connectivity index (χ3n) is 3.26. The topological polar surface area (TPSA) is 75.0 Å². The first-order valence-electron chi connectivity index (χ1n) is 7.84. The van der Waals surface area contributed by atoms with Crippen molar-refractivity contribution in [1.82, 2.24) is 14.6 Å². The molecule has 3 rings (SSSR count). The second kappa shape index (κ2) is 7.52. The lowest BCUT2D eigenvalue weighted by molar-refractivity contribution is -0.153. The Labute approximate surface area is 151 Å². The van der Waals surface area contributed by atoms with Crippen molar-refractivity contribution in [3.8, 4) is 17.4 Å². The molecule has 0 bridgehead atoms. The lowest BCUT2D eigenvalue weighted by atomic mass is 10.3.